The number of pyridine rings is 1. The SMILES string of the molecule is CCn1cc(C(=O)O)c(=O)c2cc(F)c(N3CCNC(c4ccn(C)n4)C3)cc21. The van der Waals surface area contributed by atoms with Crippen LogP contribution in [-0.2, 0) is 13.6 Å². The van der Waals surface area contributed by atoms with E-state index in [4.69, 9.17) is 0 Å². The highest BCUT2D eigenvalue weighted by molar-refractivity contribution is 5.93. The van der Waals surface area contributed by atoms with Crippen LogP contribution in [0.4, 0.5) is 10.1 Å². The maximum Gasteiger partial charge on any atom is 0.341 e. The maximum absolute atomic E-state index is 15.0. The van der Waals surface area contributed by atoms with Crippen LogP contribution < -0.4 is 15.6 Å². The minimum Gasteiger partial charge on any atom is -0.477 e. The first-order chi connectivity index (χ1) is 13.9. The summed E-state index contributed by atoms with van der Waals surface area (Å²) < 4.78 is 18.4. The van der Waals surface area contributed by atoms with Crippen molar-refractivity contribution in [3.05, 3.63) is 57.9 Å². The van der Waals surface area contributed by atoms with E-state index in [9.17, 15) is 14.7 Å². The number of carboxylic acids is 1. The number of nitrogens with one attached hydrogen (secondary N) is 1. The van der Waals surface area contributed by atoms with E-state index < -0.39 is 17.2 Å². The Balaban J connectivity index is 1.78. The molecule has 1 aromatic carbocycles. The van der Waals surface area contributed by atoms with E-state index in [-0.39, 0.29) is 17.0 Å². The summed E-state index contributed by atoms with van der Waals surface area (Å²) in [4.78, 5) is 25.8. The van der Waals surface area contributed by atoms with Crippen LogP contribution in [0, 0.1) is 5.82 Å². The molecule has 0 radical (unpaired) electrons. The van der Waals surface area contributed by atoms with Crippen molar-refractivity contribution in [2.24, 2.45) is 7.05 Å². The van der Waals surface area contributed by atoms with Gasteiger partial charge in [-0.15, -0.1) is 0 Å². The molecule has 3 heterocycles. The number of rotatable bonds is 4. The third kappa shape index (κ3) is 3.38. The average molecular weight is 399 g/mol. The molecular weight excluding hydrogens is 377 g/mol. The number of aryl methyl sites for hydroxylation is 2. The highest BCUT2D eigenvalue weighted by Crippen LogP contribution is 2.28. The molecule has 0 amide bonds. The van der Waals surface area contributed by atoms with Crippen molar-refractivity contribution in [2.75, 3.05) is 24.5 Å². The van der Waals surface area contributed by atoms with Gasteiger partial charge in [-0.25, -0.2) is 9.18 Å². The topological polar surface area (TPSA) is 92.4 Å². The third-order valence-electron chi connectivity index (χ3n) is 5.33. The average Bonchev–Trinajstić information content (AvgIpc) is 3.14. The minimum absolute atomic E-state index is 0.0391. The molecule has 0 saturated carbocycles. The zero-order chi connectivity index (χ0) is 20.7. The van der Waals surface area contributed by atoms with E-state index in [1.54, 1.807) is 15.3 Å². The summed E-state index contributed by atoms with van der Waals surface area (Å²) in [6, 6.07) is 4.69. The number of hydrogen-bond donors (Lipinski definition) is 2. The second kappa shape index (κ2) is 7.32. The van der Waals surface area contributed by atoms with Gasteiger partial charge in [-0.2, -0.15) is 5.10 Å². The number of anilines is 1. The minimum atomic E-state index is -1.32. The van der Waals surface area contributed by atoms with Crippen molar-refractivity contribution in [1.29, 1.82) is 0 Å². The van der Waals surface area contributed by atoms with Crippen molar-refractivity contribution >= 4 is 22.6 Å². The summed E-state index contributed by atoms with van der Waals surface area (Å²) in [5, 5.41) is 17.2. The lowest BCUT2D eigenvalue weighted by molar-refractivity contribution is 0.0695. The number of nitrogens with zero attached hydrogens (tertiary/aromatic N) is 4. The zero-order valence-corrected chi connectivity index (χ0v) is 16.2. The summed E-state index contributed by atoms with van der Waals surface area (Å²) in [5.74, 6) is -1.86. The number of hydrogen-bond acceptors (Lipinski definition) is 5. The monoisotopic (exact) mass is 399 g/mol. The number of carbonyl (C=O) groups is 1. The Bertz CT molecular complexity index is 1150. The summed E-state index contributed by atoms with van der Waals surface area (Å²) in [6.45, 7) is 4.11. The second-order valence-electron chi connectivity index (χ2n) is 7.15. The zero-order valence-electron chi connectivity index (χ0n) is 16.2. The lowest BCUT2D eigenvalue weighted by Crippen LogP contribution is -2.46. The lowest BCUT2D eigenvalue weighted by atomic mass is 10.1. The molecule has 1 saturated heterocycles. The molecule has 2 aromatic heterocycles. The highest BCUT2D eigenvalue weighted by Gasteiger charge is 2.25. The molecule has 1 aliphatic rings. The first-order valence-corrected chi connectivity index (χ1v) is 9.47. The fourth-order valence-corrected chi connectivity index (χ4v) is 3.84. The fourth-order valence-electron chi connectivity index (χ4n) is 3.84. The Hall–Kier alpha value is -3.20. The van der Waals surface area contributed by atoms with Gasteiger partial charge in [-0.05, 0) is 25.1 Å². The molecule has 0 spiro atoms. The maximum atomic E-state index is 15.0. The molecule has 9 heteroatoms. The smallest absolute Gasteiger partial charge is 0.341 e. The number of piperazine rings is 1. The van der Waals surface area contributed by atoms with Gasteiger partial charge in [0.05, 0.1) is 22.9 Å². The van der Waals surface area contributed by atoms with Crippen LogP contribution in [0.3, 0.4) is 0 Å². The van der Waals surface area contributed by atoms with Gasteiger partial charge in [0.25, 0.3) is 0 Å². The first-order valence-electron chi connectivity index (χ1n) is 9.47. The number of benzene rings is 1. The van der Waals surface area contributed by atoms with Crippen LogP contribution in [0.15, 0.2) is 35.4 Å². The molecule has 4 rings (SSSR count). The Morgan fingerprint density at radius 1 is 1.41 bits per heavy atom. The molecular formula is C20H22FN5O3. The normalized spacial score (nSPS) is 17.1. The summed E-state index contributed by atoms with van der Waals surface area (Å²) >= 11 is 0. The second-order valence-corrected chi connectivity index (χ2v) is 7.15. The molecule has 0 aliphatic carbocycles. The molecule has 0 bridgehead atoms. The van der Waals surface area contributed by atoms with Crippen LogP contribution in [0.5, 0.6) is 0 Å². The van der Waals surface area contributed by atoms with Gasteiger partial charge in [0.1, 0.15) is 11.4 Å². The summed E-state index contributed by atoms with van der Waals surface area (Å²) in [7, 11) is 1.85. The van der Waals surface area contributed by atoms with Crippen molar-refractivity contribution in [3.8, 4) is 0 Å². The number of aromatic carboxylic acids is 1. The lowest BCUT2D eigenvalue weighted by Gasteiger charge is -2.35. The molecule has 152 valence electrons. The van der Waals surface area contributed by atoms with Crippen LogP contribution >= 0.6 is 0 Å². The largest absolute Gasteiger partial charge is 0.477 e. The molecule has 29 heavy (non-hydrogen) atoms. The van der Waals surface area contributed by atoms with Gasteiger partial charge < -0.3 is 19.9 Å². The van der Waals surface area contributed by atoms with Crippen LogP contribution in [0.25, 0.3) is 10.9 Å². The van der Waals surface area contributed by atoms with E-state index in [1.165, 1.54) is 6.20 Å². The Kier molecular flexibility index (Phi) is 4.83. The Labute approximate surface area is 166 Å². The van der Waals surface area contributed by atoms with Gasteiger partial charge in [0, 0.05) is 51.0 Å². The van der Waals surface area contributed by atoms with Crippen molar-refractivity contribution < 1.29 is 14.3 Å². The van der Waals surface area contributed by atoms with E-state index >= 15 is 4.39 Å². The number of aromatic nitrogens is 3. The number of fused-ring (bicyclic) bond motifs is 1. The molecule has 8 nitrogen and oxygen atoms in total. The van der Waals surface area contributed by atoms with Gasteiger partial charge >= 0.3 is 5.97 Å². The van der Waals surface area contributed by atoms with E-state index in [0.717, 1.165) is 11.8 Å². The summed E-state index contributed by atoms with van der Waals surface area (Å²) in [6.07, 6.45) is 3.19. The molecule has 3 aromatic rings. The number of halogens is 1. The van der Waals surface area contributed by atoms with Gasteiger partial charge in [0.15, 0.2) is 0 Å². The highest BCUT2D eigenvalue weighted by atomic mass is 19.1. The molecule has 2 N–H and O–H groups in total. The van der Waals surface area contributed by atoms with Gasteiger partial charge in [0.2, 0.25) is 5.43 Å². The van der Waals surface area contributed by atoms with Crippen molar-refractivity contribution in [3.63, 3.8) is 0 Å². The molecule has 1 aliphatic heterocycles. The van der Waals surface area contributed by atoms with Gasteiger partial charge in [-0.1, -0.05) is 0 Å². The predicted octanol–water partition coefficient (Wildman–Crippen LogP) is 1.74. The van der Waals surface area contributed by atoms with Crippen LogP contribution in [-0.4, -0.2) is 45.1 Å². The van der Waals surface area contributed by atoms with E-state index in [2.05, 4.69) is 10.4 Å². The quantitative estimate of drug-likeness (QED) is 0.694. The Morgan fingerprint density at radius 3 is 2.86 bits per heavy atom. The van der Waals surface area contributed by atoms with Crippen LogP contribution in [0.2, 0.25) is 0 Å². The van der Waals surface area contributed by atoms with Crippen molar-refractivity contribution in [1.82, 2.24) is 19.7 Å². The molecule has 1 fully saturated rings. The van der Waals surface area contributed by atoms with Gasteiger partial charge in [-0.3, -0.25) is 9.48 Å². The Morgan fingerprint density at radius 2 is 2.21 bits per heavy atom. The molecule has 1 atom stereocenters. The molecule has 1 unspecified atom stereocenters. The van der Waals surface area contributed by atoms with E-state index in [1.807, 2.05) is 31.1 Å². The fraction of sp³-hybridized carbons (Fsp3) is 0.350. The standard InChI is InChI=1S/C20H22FN5O3/c1-3-25-10-13(20(28)29)19(27)12-8-14(21)18(9-17(12)25)26-7-5-22-16(11-26)15-4-6-24(2)23-15/h4,6,8-10,16,22H,3,5,7,11H2,1-2H3,(H,28,29). The number of carboxylic acid groups (broad SMARTS) is 1. The predicted molar refractivity (Wildman–Crippen MR) is 107 cm³/mol. The summed E-state index contributed by atoms with van der Waals surface area (Å²) in [5.41, 5.74) is 0.768. The first kappa shape index (κ1) is 19.1. The van der Waals surface area contributed by atoms with E-state index in [0.29, 0.717) is 37.4 Å². The van der Waals surface area contributed by atoms with Crippen LogP contribution in [0.1, 0.15) is 29.0 Å². The van der Waals surface area contributed by atoms with Crippen molar-refractivity contribution in [2.45, 2.75) is 19.5 Å². The third-order valence-corrected chi connectivity index (χ3v) is 5.33.